The van der Waals surface area contributed by atoms with E-state index in [4.69, 9.17) is 24.4 Å². The molecule has 1 aromatic carbocycles. The lowest BCUT2D eigenvalue weighted by Crippen LogP contribution is -2.54. The Labute approximate surface area is 212 Å². The number of halogens is 5. The number of para-hydroxylation sites is 1. The van der Waals surface area contributed by atoms with Crippen LogP contribution in [0.15, 0.2) is 29.2 Å². The van der Waals surface area contributed by atoms with Gasteiger partial charge in [-0.05, 0) is 31.9 Å². The fourth-order valence-electron chi connectivity index (χ4n) is 4.14. The standard InChI is InChI=1S/C21H23F2N5O3.C2HF3O2/c1-12(27-10-14(11-27)31-18-16(22)3-2-4-17(18)23)19-25-20-15(21(29)26-19)9-24-28(20)13-5-7-30-8-6-13;3-2(4,5)1(6)7/h2-4,9,12-14H,5-8,10-11H2,1H3,(H,25,26,29);(H,6,7). The summed E-state index contributed by atoms with van der Waals surface area (Å²) in [7, 11) is 0. The number of hydrogen-bond acceptors (Lipinski definition) is 7. The molecule has 0 spiro atoms. The van der Waals surface area contributed by atoms with Crippen molar-refractivity contribution < 1.29 is 41.3 Å². The van der Waals surface area contributed by atoms with Gasteiger partial charge in [-0.3, -0.25) is 9.69 Å². The molecule has 5 rings (SSSR count). The molecule has 1 unspecified atom stereocenters. The van der Waals surface area contributed by atoms with Gasteiger partial charge in [0.1, 0.15) is 17.3 Å². The minimum atomic E-state index is -5.08. The molecular weight excluding hydrogens is 521 g/mol. The highest BCUT2D eigenvalue weighted by Gasteiger charge is 2.38. The summed E-state index contributed by atoms with van der Waals surface area (Å²) in [6, 6.07) is 3.60. The van der Waals surface area contributed by atoms with Crippen molar-refractivity contribution in [3.63, 3.8) is 0 Å². The summed E-state index contributed by atoms with van der Waals surface area (Å²) in [5, 5.41) is 12.0. The maximum Gasteiger partial charge on any atom is 0.490 e. The molecule has 0 saturated carbocycles. The molecule has 3 aromatic rings. The normalized spacial score (nSPS) is 17.9. The van der Waals surface area contributed by atoms with Crippen LogP contribution >= 0.6 is 0 Å². The van der Waals surface area contributed by atoms with E-state index in [1.54, 1.807) is 6.20 Å². The number of carbonyl (C=O) groups is 1. The summed E-state index contributed by atoms with van der Waals surface area (Å²) in [5.74, 6) is -4.02. The van der Waals surface area contributed by atoms with Gasteiger partial charge in [0, 0.05) is 26.3 Å². The number of hydrogen-bond donors (Lipinski definition) is 2. The molecule has 0 bridgehead atoms. The average molecular weight is 545 g/mol. The molecule has 2 fully saturated rings. The highest BCUT2D eigenvalue weighted by molar-refractivity contribution is 5.73. The number of benzene rings is 1. The van der Waals surface area contributed by atoms with Crippen LogP contribution in [0, 0.1) is 11.6 Å². The summed E-state index contributed by atoms with van der Waals surface area (Å²) >= 11 is 0. The first-order chi connectivity index (χ1) is 18.0. The average Bonchev–Trinajstić information content (AvgIpc) is 3.27. The van der Waals surface area contributed by atoms with Gasteiger partial charge in [0.05, 0.1) is 18.3 Å². The van der Waals surface area contributed by atoms with Crippen LogP contribution in [0.5, 0.6) is 5.75 Å². The Morgan fingerprint density at radius 1 is 1.21 bits per heavy atom. The molecule has 2 N–H and O–H groups in total. The number of H-pyrrole nitrogens is 1. The summed E-state index contributed by atoms with van der Waals surface area (Å²) in [6.07, 6.45) is -2.21. The Morgan fingerprint density at radius 3 is 2.39 bits per heavy atom. The Morgan fingerprint density at radius 2 is 1.82 bits per heavy atom. The monoisotopic (exact) mass is 545 g/mol. The fraction of sp³-hybridized carbons (Fsp3) is 0.478. The lowest BCUT2D eigenvalue weighted by Gasteiger charge is -2.42. The van der Waals surface area contributed by atoms with Crippen molar-refractivity contribution in [3.05, 3.63) is 52.2 Å². The summed E-state index contributed by atoms with van der Waals surface area (Å²) < 4.78 is 72.1. The summed E-state index contributed by atoms with van der Waals surface area (Å²) in [6.45, 7) is 4.19. The van der Waals surface area contributed by atoms with Crippen molar-refractivity contribution in [2.75, 3.05) is 26.3 Å². The summed E-state index contributed by atoms with van der Waals surface area (Å²) in [5.41, 5.74) is 0.339. The number of carboxylic acids is 1. The van der Waals surface area contributed by atoms with Crippen LogP contribution in [-0.4, -0.2) is 74.3 Å². The van der Waals surface area contributed by atoms with Crippen LogP contribution < -0.4 is 10.3 Å². The zero-order chi connectivity index (χ0) is 27.6. The number of carboxylic acid groups (broad SMARTS) is 1. The van der Waals surface area contributed by atoms with Crippen LogP contribution in [0.2, 0.25) is 0 Å². The number of aliphatic carboxylic acids is 1. The Hall–Kier alpha value is -3.59. The number of aromatic nitrogens is 4. The van der Waals surface area contributed by atoms with Crippen LogP contribution in [0.25, 0.3) is 11.0 Å². The van der Waals surface area contributed by atoms with Gasteiger partial charge in [-0.15, -0.1) is 0 Å². The highest BCUT2D eigenvalue weighted by atomic mass is 19.4. The van der Waals surface area contributed by atoms with Crippen molar-refractivity contribution in [3.8, 4) is 5.75 Å². The molecule has 15 heteroatoms. The largest absolute Gasteiger partial charge is 0.490 e. The third kappa shape index (κ3) is 5.93. The van der Waals surface area contributed by atoms with E-state index in [9.17, 15) is 26.7 Å². The lowest BCUT2D eigenvalue weighted by atomic mass is 10.1. The fourth-order valence-corrected chi connectivity index (χ4v) is 4.14. The third-order valence-electron chi connectivity index (χ3n) is 6.28. The van der Waals surface area contributed by atoms with Crippen LogP contribution in [0.1, 0.15) is 37.7 Å². The van der Waals surface area contributed by atoms with E-state index in [0.29, 0.717) is 43.2 Å². The van der Waals surface area contributed by atoms with Gasteiger partial charge in [0.25, 0.3) is 5.56 Å². The zero-order valence-electron chi connectivity index (χ0n) is 20.0. The van der Waals surface area contributed by atoms with Crippen molar-refractivity contribution in [1.82, 2.24) is 24.6 Å². The first kappa shape index (κ1) is 27.4. The maximum absolute atomic E-state index is 13.8. The molecular formula is C23H24F5N5O5. The molecule has 38 heavy (non-hydrogen) atoms. The highest BCUT2D eigenvalue weighted by Crippen LogP contribution is 2.29. The van der Waals surface area contributed by atoms with Crippen molar-refractivity contribution in [2.45, 2.75) is 44.1 Å². The van der Waals surface area contributed by atoms with Gasteiger partial charge in [-0.2, -0.15) is 18.3 Å². The number of aromatic amines is 1. The Balaban J connectivity index is 0.000000426. The first-order valence-electron chi connectivity index (χ1n) is 11.7. The van der Waals surface area contributed by atoms with E-state index in [1.165, 1.54) is 18.2 Å². The van der Waals surface area contributed by atoms with Gasteiger partial charge in [0.2, 0.25) is 0 Å². The molecule has 10 nitrogen and oxygen atoms in total. The molecule has 2 aliphatic rings. The quantitative estimate of drug-likeness (QED) is 0.469. The lowest BCUT2D eigenvalue weighted by molar-refractivity contribution is -0.192. The smallest absolute Gasteiger partial charge is 0.482 e. The predicted molar refractivity (Wildman–Crippen MR) is 122 cm³/mol. The topological polar surface area (TPSA) is 123 Å². The predicted octanol–water partition coefficient (Wildman–Crippen LogP) is 3.21. The van der Waals surface area contributed by atoms with E-state index in [2.05, 4.69) is 10.1 Å². The van der Waals surface area contributed by atoms with Crippen LogP contribution in [0.3, 0.4) is 0 Å². The minimum absolute atomic E-state index is 0.154. The SMILES string of the molecule is CC(c1nc2c(cnn2C2CCOCC2)c(=O)[nH]1)N1CC(Oc2c(F)cccc2F)C1.O=C(O)C(F)(F)F. The number of ether oxygens (including phenoxy) is 2. The van der Waals surface area contributed by atoms with Gasteiger partial charge in [0.15, 0.2) is 23.0 Å². The number of likely N-dealkylation sites (tertiary alicyclic amines) is 1. The molecule has 0 amide bonds. The van der Waals surface area contributed by atoms with Gasteiger partial charge >= 0.3 is 12.1 Å². The molecule has 0 aliphatic carbocycles. The number of nitrogens with zero attached hydrogens (tertiary/aromatic N) is 4. The number of nitrogens with one attached hydrogen (secondary N) is 1. The number of alkyl halides is 3. The zero-order valence-corrected chi connectivity index (χ0v) is 20.0. The van der Waals surface area contributed by atoms with Crippen LogP contribution in [0.4, 0.5) is 22.0 Å². The molecule has 1 atom stereocenters. The molecule has 4 heterocycles. The first-order valence-corrected chi connectivity index (χ1v) is 11.7. The number of fused-ring (bicyclic) bond motifs is 1. The van der Waals surface area contributed by atoms with E-state index in [1.807, 2.05) is 16.5 Å². The van der Waals surface area contributed by atoms with Gasteiger partial charge < -0.3 is 19.6 Å². The minimum Gasteiger partial charge on any atom is -0.482 e. The van der Waals surface area contributed by atoms with Crippen molar-refractivity contribution >= 4 is 17.0 Å². The second-order valence-corrected chi connectivity index (χ2v) is 8.84. The Bertz CT molecular complexity index is 1330. The molecule has 0 radical (unpaired) electrons. The summed E-state index contributed by atoms with van der Waals surface area (Å²) in [4.78, 5) is 31.1. The molecule has 2 saturated heterocycles. The second-order valence-electron chi connectivity index (χ2n) is 8.84. The number of rotatable bonds is 5. The molecule has 2 aliphatic heterocycles. The molecule has 2 aromatic heterocycles. The van der Waals surface area contributed by atoms with Crippen LogP contribution in [-0.2, 0) is 9.53 Å². The van der Waals surface area contributed by atoms with Gasteiger partial charge in [-0.25, -0.2) is 23.2 Å². The van der Waals surface area contributed by atoms with Gasteiger partial charge in [-0.1, -0.05) is 6.07 Å². The van der Waals surface area contributed by atoms with E-state index < -0.39 is 23.8 Å². The third-order valence-corrected chi connectivity index (χ3v) is 6.28. The second kappa shape index (κ2) is 11.0. The maximum atomic E-state index is 13.8. The molecule has 206 valence electrons. The Kier molecular flexibility index (Phi) is 7.97. The van der Waals surface area contributed by atoms with Crippen molar-refractivity contribution in [1.29, 1.82) is 0 Å². The van der Waals surface area contributed by atoms with E-state index >= 15 is 0 Å². The van der Waals surface area contributed by atoms with E-state index in [-0.39, 0.29) is 29.5 Å². The van der Waals surface area contributed by atoms with E-state index in [0.717, 1.165) is 12.8 Å². The van der Waals surface area contributed by atoms with Crippen molar-refractivity contribution in [2.24, 2.45) is 0 Å².